The first-order valence-electron chi connectivity index (χ1n) is 13.4. The molecule has 0 aliphatic rings. The molecule has 37 heavy (non-hydrogen) atoms. The number of ketones is 1. The maximum atomic E-state index is 12.5. The van der Waals surface area contributed by atoms with E-state index in [9.17, 15) is 9.59 Å². The van der Waals surface area contributed by atoms with Gasteiger partial charge in [-0.25, -0.2) is 0 Å². The van der Waals surface area contributed by atoms with Crippen LogP contribution in [0.5, 0.6) is 0 Å². The van der Waals surface area contributed by atoms with Gasteiger partial charge in [-0.05, 0) is 57.7 Å². The fraction of sp³-hybridized carbons (Fsp3) is 0.500. The van der Waals surface area contributed by atoms with E-state index in [0.717, 1.165) is 35.6 Å². The van der Waals surface area contributed by atoms with Gasteiger partial charge in [0.25, 0.3) is 0 Å². The summed E-state index contributed by atoms with van der Waals surface area (Å²) in [4.78, 5) is 28.7. The molecule has 0 aromatic heterocycles. The zero-order valence-electron chi connectivity index (χ0n) is 24.3. The number of carbonyl (C=O) groups is 2. The van der Waals surface area contributed by atoms with Crippen LogP contribution >= 0.6 is 11.6 Å². The van der Waals surface area contributed by atoms with E-state index in [1.807, 2.05) is 63.1 Å². The van der Waals surface area contributed by atoms with Crippen molar-refractivity contribution in [2.75, 3.05) is 20.1 Å². The van der Waals surface area contributed by atoms with Crippen molar-refractivity contribution in [2.45, 2.75) is 86.1 Å². The van der Waals surface area contributed by atoms with Crippen LogP contribution < -0.4 is 0 Å². The summed E-state index contributed by atoms with van der Waals surface area (Å²) in [6.45, 7) is 21.1. The second-order valence-electron chi connectivity index (χ2n) is 9.46. The van der Waals surface area contributed by atoms with Crippen LogP contribution in [0.15, 0.2) is 72.5 Å². The summed E-state index contributed by atoms with van der Waals surface area (Å²) in [5.74, 6) is -0.00166. The first kappa shape index (κ1) is 34.4. The van der Waals surface area contributed by atoms with Crippen molar-refractivity contribution in [1.82, 2.24) is 9.80 Å². The Morgan fingerprint density at radius 3 is 2.16 bits per heavy atom. The highest BCUT2D eigenvalue weighted by atomic mass is 35.5. The SMILES string of the molecule is C=C(CC)CN(C)C(=C)CC(C(C)=O)N(CC/C(C)=C/C=C\C)C(=O)CC.CCCc1ccc(Cl)cc1. The third-order valence-corrected chi connectivity index (χ3v) is 6.42. The van der Waals surface area contributed by atoms with Crippen molar-refractivity contribution < 1.29 is 9.59 Å². The predicted octanol–water partition coefficient (Wildman–Crippen LogP) is 8.19. The molecule has 4 nitrogen and oxygen atoms in total. The number of benzene rings is 1. The van der Waals surface area contributed by atoms with E-state index in [4.69, 9.17) is 11.6 Å². The number of hydrogen-bond donors (Lipinski definition) is 0. The summed E-state index contributed by atoms with van der Waals surface area (Å²) < 4.78 is 0. The summed E-state index contributed by atoms with van der Waals surface area (Å²) >= 11 is 5.71. The summed E-state index contributed by atoms with van der Waals surface area (Å²) in [6, 6.07) is 7.55. The standard InChI is InChI=1S/C23H38N2O2.C9H11Cl/c1-9-12-13-19(5)14-15-25(23(27)11-3)22(21(7)26)16-20(6)24(8)17-18(4)10-2;1-2-3-8-4-6-9(10)7-5-8/h9,12-13,22H,4,6,10-11,14-17H2,1-3,5,7-8H3;4-7H,2-3H2,1H3/b12-9-,19-13+;. The number of carbonyl (C=O) groups excluding carboxylic acids is 2. The van der Waals surface area contributed by atoms with Crippen LogP contribution in [-0.2, 0) is 16.0 Å². The van der Waals surface area contributed by atoms with Crippen molar-refractivity contribution in [3.63, 3.8) is 0 Å². The first-order valence-corrected chi connectivity index (χ1v) is 13.8. The number of rotatable bonds is 15. The molecule has 0 heterocycles. The van der Waals surface area contributed by atoms with E-state index in [1.165, 1.54) is 17.6 Å². The fourth-order valence-electron chi connectivity index (χ4n) is 3.65. The Bertz CT molecular complexity index is 915. The molecule has 206 valence electrons. The normalized spacial score (nSPS) is 11.9. The number of amides is 1. The van der Waals surface area contributed by atoms with Crippen molar-refractivity contribution in [3.8, 4) is 0 Å². The number of aryl methyl sites for hydroxylation is 1. The molecule has 0 saturated carbocycles. The molecule has 0 N–H and O–H groups in total. The van der Waals surface area contributed by atoms with E-state index >= 15 is 0 Å². The first-order chi connectivity index (χ1) is 17.5. The molecule has 1 aromatic carbocycles. The van der Waals surface area contributed by atoms with Crippen LogP contribution in [0.25, 0.3) is 0 Å². The predicted molar refractivity (Wildman–Crippen MR) is 161 cm³/mol. The minimum Gasteiger partial charge on any atom is -0.374 e. The highest BCUT2D eigenvalue weighted by Crippen LogP contribution is 2.18. The lowest BCUT2D eigenvalue weighted by molar-refractivity contribution is -0.138. The average Bonchev–Trinajstić information content (AvgIpc) is 2.87. The van der Waals surface area contributed by atoms with Crippen LogP contribution in [0.1, 0.15) is 79.2 Å². The monoisotopic (exact) mass is 528 g/mol. The van der Waals surface area contributed by atoms with E-state index in [1.54, 1.807) is 11.8 Å². The zero-order chi connectivity index (χ0) is 28.4. The van der Waals surface area contributed by atoms with Gasteiger partial charge in [0, 0.05) is 43.7 Å². The Kier molecular flexibility index (Phi) is 18.1. The van der Waals surface area contributed by atoms with Gasteiger partial charge in [-0.1, -0.05) is 93.5 Å². The van der Waals surface area contributed by atoms with Crippen molar-refractivity contribution >= 4 is 23.3 Å². The molecule has 0 saturated heterocycles. The maximum Gasteiger partial charge on any atom is 0.222 e. The fourth-order valence-corrected chi connectivity index (χ4v) is 3.78. The van der Waals surface area contributed by atoms with Gasteiger partial charge in [0.1, 0.15) is 0 Å². The highest BCUT2D eigenvalue weighted by Gasteiger charge is 2.27. The molecule has 0 aliphatic carbocycles. The summed E-state index contributed by atoms with van der Waals surface area (Å²) in [5.41, 5.74) is 4.51. The molecule has 1 aromatic rings. The molecular weight excluding hydrogens is 480 g/mol. The molecule has 0 bridgehead atoms. The molecule has 1 unspecified atom stereocenters. The van der Waals surface area contributed by atoms with E-state index < -0.39 is 6.04 Å². The van der Waals surface area contributed by atoms with Crippen molar-refractivity contribution in [3.05, 3.63) is 83.1 Å². The molecule has 1 rings (SSSR count). The van der Waals surface area contributed by atoms with E-state index in [-0.39, 0.29) is 11.7 Å². The topological polar surface area (TPSA) is 40.6 Å². The Labute approximate surface area is 231 Å². The Morgan fingerprint density at radius 1 is 1.05 bits per heavy atom. The number of hydrogen-bond acceptors (Lipinski definition) is 3. The number of halogens is 1. The van der Waals surface area contributed by atoms with Crippen molar-refractivity contribution in [2.24, 2.45) is 0 Å². The lowest BCUT2D eigenvalue weighted by atomic mass is 10.0. The maximum absolute atomic E-state index is 12.5. The van der Waals surface area contributed by atoms with Gasteiger partial charge in [-0.3, -0.25) is 9.59 Å². The molecule has 0 radical (unpaired) electrons. The average molecular weight is 529 g/mol. The Morgan fingerprint density at radius 2 is 1.68 bits per heavy atom. The molecule has 1 amide bonds. The Balaban J connectivity index is 0.00000107. The molecule has 0 spiro atoms. The minimum atomic E-state index is -0.475. The molecule has 0 fully saturated rings. The summed E-state index contributed by atoms with van der Waals surface area (Å²) in [5, 5.41) is 0.819. The Hall–Kier alpha value is -2.59. The van der Waals surface area contributed by atoms with Crippen LogP contribution in [0, 0.1) is 0 Å². The van der Waals surface area contributed by atoms with Gasteiger partial charge in [0.15, 0.2) is 5.78 Å². The lowest BCUT2D eigenvalue weighted by Crippen LogP contribution is -2.45. The molecular formula is C32H49ClN2O2. The number of nitrogens with zero attached hydrogens (tertiary/aromatic N) is 2. The van der Waals surface area contributed by atoms with Crippen LogP contribution in [-0.4, -0.2) is 47.7 Å². The van der Waals surface area contributed by atoms with Gasteiger partial charge >= 0.3 is 0 Å². The third-order valence-electron chi connectivity index (χ3n) is 6.17. The highest BCUT2D eigenvalue weighted by molar-refractivity contribution is 6.30. The van der Waals surface area contributed by atoms with Gasteiger partial charge < -0.3 is 9.80 Å². The van der Waals surface area contributed by atoms with Crippen LogP contribution in [0.3, 0.4) is 0 Å². The smallest absolute Gasteiger partial charge is 0.222 e. The largest absolute Gasteiger partial charge is 0.374 e. The van der Waals surface area contributed by atoms with Gasteiger partial charge in [-0.15, -0.1) is 0 Å². The minimum absolute atomic E-state index is 0.00227. The van der Waals surface area contributed by atoms with Crippen LogP contribution in [0.2, 0.25) is 5.02 Å². The van der Waals surface area contributed by atoms with Gasteiger partial charge in [-0.2, -0.15) is 0 Å². The molecule has 5 heteroatoms. The third kappa shape index (κ3) is 14.7. The van der Waals surface area contributed by atoms with Crippen LogP contribution in [0.4, 0.5) is 0 Å². The van der Waals surface area contributed by atoms with E-state index in [2.05, 4.69) is 39.1 Å². The second-order valence-corrected chi connectivity index (χ2v) is 9.90. The summed E-state index contributed by atoms with van der Waals surface area (Å²) in [6.07, 6.45) is 10.8. The summed E-state index contributed by atoms with van der Waals surface area (Å²) in [7, 11) is 1.95. The molecule has 1 atom stereocenters. The number of Topliss-reactive ketones (excluding diaryl/α,β-unsaturated/α-hetero) is 1. The quantitative estimate of drug-likeness (QED) is 0.170. The number of allylic oxidation sites excluding steroid dienone is 3. The van der Waals surface area contributed by atoms with Gasteiger partial charge in [0.2, 0.25) is 5.91 Å². The lowest BCUT2D eigenvalue weighted by Gasteiger charge is -2.33. The zero-order valence-corrected chi connectivity index (χ0v) is 25.0. The van der Waals surface area contributed by atoms with E-state index in [0.29, 0.717) is 25.9 Å². The van der Waals surface area contributed by atoms with Gasteiger partial charge in [0.05, 0.1) is 6.04 Å². The van der Waals surface area contributed by atoms with Crippen molar-refractivity contribution in [1.29, 1.82) is 0 Å². The second kappa shape index (κ2) is 19.5. The number of likely N-dealkylation sites (N-methyl/N-ethyl adjacent to an activating group) is 1. The molecule has 0 aliphatic heterocycles.